The molecule has 0 saturated carbocycles. The first-order valence-corrected chi connectivity index (χ1v) is 7.80. The van der Waals surface area contributed by atoms with Gasteiger partial charge < -0.3 is 9.67 Å². The first-order chi connectivity index (χ1) is 11.4. The second-order valence-electron chi connectivity index (χ2n) is 6.30. The normalized spacial score (nSPS) is 21.3. The van der Waals surface area contributed by atoms with Gasteiger partial charge in [0, 0.05) is 45.0 Å². The van der Waals surface area contributed by atoms with Crippen LogP contribution in [0.4, 0.5) is 4.39 Å². The van der Waals surface area contributed by atoms with Crippen molar-refractivity contribution >= 4 is 0 Å². The van der Waals surface area contributed by atoms with Gasteiger partial charge in [0.1, 0.15) is 5.82 Å². The van der Waals surface area contributed by atoms with Gasteiger partial charge in [0.25, 0.3) is 5.56 Å². The number of halogens is 1. The van der Waals surface area contributed by atoms with E-state index in [1.807, 2.05) is 4.90 Å². The van der Waals surface area contributed by atoms with Crippen LogP contribution in [0.5, 0.6) is 0 Å². The van der Waals surface area contributed by atoms with Crippen LogP contribution >= 0.6 is 0 Å². The number of hydrogen-bond donors (Lipinski definition) is 1. The summed E-state index contributed by atoms with van der Waals surface area (Å²) in [6.07, 6.45) is 1.56. The number of nitrogens with zero attached hydrogens (tertiary/aromatic N) is 3. The predicted octanol–water partition coefficient (Wildman–Crippen LogP) is 0.531. The number of aliphatic hydroxyl groups is 1. The first kappa shape index (κ1) is 16.6. The Balaban J connectivity index is 1.92. The summed E-state index contributed by atoms with van der Waals surface area (Å²) >= 11 is 0. The second-order valence-corrected chi connectivity index (χ2v) is 6.30. The lowest BCUT2D eigenvalue weighted by Gasteiger charge is -2.24. The van der Waals surface area contributed by atoms with Crippen LogP contribution in [-0.2, 0) is 20.6 Å². The van der Waals surface area contributed by atoms with Gasteiger partial charge in [-0.2, -0.15) is 0 Å². The van der Waals surface area contributed by atoms with Gasteiger partial charge in [-0.05, 0) is 24.1 Å². The average Bonchev–Trinajstić information content (AvgIpc) is 2.92. The van der Waals surface area contributed by atoms with Crippen molar-refractivity contribution in [1.82, 2.24) is 14.0 Å². The van der Waals surface area contributed by atoms with E-state index in [0.29, 0.717) is 25.1 Å². The van der Waals surface area contributed by atoms with Crippen LogP contribution < -0.4 is 11.2 Å². The van der Waals surface area contributed by atoms with Crippen molar-refractivity contribution in [3.8, 4) is 0 Å². The molecular weight excluding hydrogens is 313 g/mol. The number of aryl methyl sites for hydroxylation is 1. The van der Waals surface area contributed by atoms with Gasteiger partial charge in [0.05, 0.1) is 6.10 Å². The Hall–Kier alpha value is -2.25. The molecule has 1 aliphatic heterocycles. The number of hydrogen-bond acceptors (Lipinski definition) is 4. The molecule has 1 aromatic carbocycles. The summed E-state index contributed by atoms with van der Waals surface area (Å²) in [6.45, 7) is 0.744. The molecule has 3 rings (SSSR count). The van der Waals surface area contributed by atoms with Gasteiger partial charge in [-0.15, -0.1) is 0 Å². The number of aliphatic hydroxyl groups excluding tert-OH is 1. The molecule has 6 nitrogen and oxygen atoms in total. The van der Waals surface area contributed by atoms with E-state index in [-0.39, 0.29) is 23.1 Å². The molecule has 7 heteroatoms. The number of likely N-dealkylation sites (tertiary alicyclic amines) is 1. The fraction of sp³-hybridized carbons (Fsp3) is 0.412. The number of β-amino-alcohol motifs (C(OH)–C–C–N with tert-alkyl or cyclic N) is 1. The van der Waals surface area contributed by atoms with Crippen LogP contribution in [0.15, 0.2) is 40.1 Å². The summed E-state index contributed by atoms with van der Waals surface area (Å²) in [5.41, 5.74) is 0.674. The van der Waals surface area contributed by atoms with Gasteiger partial charge in [-0.1, -0.05) is 12.1 Å². The predicted molar refractivity (Wildman–Crippen MR) is 87.1 cm³/mol. The molecule has 1 fully saturated rings. The lowest BCUT2D eigenvalue weighted by molar-refractivity contribution is 0.172. The minimum atomic E-state index is -0.503. The number of rotatable bonds is 3. The quantitative estimate of drug-likeness (QED) is 0.890. The topological polar surface area (TPSA) is 67.5 Å². The second kappa shape index (κ2) is 6.33. The Bertz CT molecular complexity index is 857. The van der Waals surface area contributed by atoms with E-state index in [4.69, 9.17) is 0 Å². The van der Waals surface area contributed by atoms with Crippen LogP contribution in [0.2, 0.25) is 0 Å². The summed E-state index contributed by atoms with van der Waals surface area (Å²) in [6, 6.07) is 6.09. The highest BCUT2D eigenvalue weighted by molar-refractivity contribution is 5.22. The van der Waals surface area contributed by atoms with Crippen molar-refractivity contribution in [3.63, 3.8) is 0 Å². The highest BCUT2D eigenvalue weighted by Gasteiger charge is 2.32. The van der Waals surface area contributed by atoms with E-state index < -0.39 is 6.10 Å². The number of benzene rings is 1. The molecule has 1 N–H and O–H groups in total. The maximum absolute atomic E-state index is 13.1. The minimum Gasteiger partial charge on any atom is -0.392 e. The smallest absolute Gasteiger partial charge is 0.330 e. The molecule has 0 radical (unpaired) electrons. The third kappa shape index (κ3) is 3.05. The molecule has 1 aromatic heterocycles. The molecule has 1 aliphatic rings. The largest absolute Gasteiger partial charge is 0.392 e. The van der Waals surface area contributed by atoms with Crippen LogP contribution in [-0.4, -0.2) is 31.8 Å². The van der Waals surface area contributed by atoms with Crippen LogP contribution in [0.3, 0.4) is 0 Å². The highest BCUT2D eigenvalue weighted by atomic mass is 19.1. The van der Waals surface area contributed by atoms with Crippen molar-refractivity contribution in [1.29, 1.82) is 0 Å². The lowest BCUT2D eigenvalue weighted by atomic mass is 10.0. The zero-order valence-electron chi connectivity index (χ0n) is 13.6. The third-order valence-electron chi connectivity index (χ3n) is 4.53. The molecular formula is C17H20FN3O3. The molecule has 0 spiro atoms. The summed E-state index contributed by atoms with van der Waals surface area (Å²) < 4.78 is 15.6. The van der Waals surface area contributed by atoms with Gasteiger partial charge in [0.2, 0.25) is 0 Å². The fourth-order valence-electron chi connectivity index (χ4n) is 3.30. The van der Waals surface area contributed by atoms with Crippen LogP contribution in [0.1, 0.15) is 23.6 Å². The summed E-state index contributed by atoms with van der Waals surface area (Å²) in [4.78, 5) is 26.1. The summed E-state index contributed by atoms with van der Waals surface area (Å²) in [7, 11) is 3.05. The molecule has 2 aromatic rings. The Morgan fingerprint density at radius 2 is 1.88 bits per heavy atom. The van der Waals surface area contributed by atoms with E-state index in [9.17, 15) is 19.1 Å². The maximum Gasteiger partial charge on any atom is 0.330 e. The monoisotopic (exact) mass is 333 g/mol. The fourth-order valence-corrected chi connectivity index (χ4v) is 3.30. The summed E-state index contributed by atoms with van der Waals surface area (Å²) in [5, 5.41) is 10.0. The first-order valence-electron chi connectivity index (χ1n) is 7.80. The standard InChI is InChI=1S/C17H20FN3O3/c1-19-8-12(16(23)20(2)17(19)24)9-21-10-14(22)7-15(21)11-3-5-13(18)6-4-11/h3-6,8,14-15,22H,7,9-10H2,1-2H3/t14-,15+/m0/s1. The zero-order chi connectivity index (χ0) is 17.4. The third-order valence-corrected chi connectivity index (χ3v) is 4.53. The van der Waals surface area contributed by atoms with E-state index >= 15 is 0 Å². The minimum absolute atomic E-state index is 0.0949. The van der Waals surface area contributed by atoms with Crippen LogP contribution in [0, 0.1) is 5.82 Å². The van der Waals surface area contributed by atoms with E-state index in [1.54, 1.807) is 19.2 Å². The summed E-state index contributed by atoms with van der Waals surface area (Å²) in [5.74, 6) is -0.309. The maximum atomic E-state index is 13.1. The Morgan fingerprint density at radius 1 is 1.21 bits per heavy atom. The molecule has 0 unspecified atom stereocenters. The van der Waals surface area contributed by atoms with Crippen LogP contribution in [0.25, 0.3) is 0 Å². The number of aromatic nitrogens is 2. The van der Waals surface area contributed by atoms with Crippen molar-refractivity contribution in [2.75, 3.05) is 6.54 Å². The van der Waals surface area contributed by atoms with E-state index in [0.717, 1.165) is 10.1 Å². The zero-order valence-corrected chi connectivity index (χ0v) is 13.6. The highest BCUT2D eigenvalue weighted by Crippen LogP contribution is 2.33. The van der Waals surface area contributed by atoms with Crippen molar-refractivity contribution in [2.24, 2.45) is 14.1 Å². The van der Waals surface area contributed by atoms with Gasteiger partial charge in [-0.3, -0.25) is 14.3 Å². The molecule has 0 amide bonds. The van der Waals surface area contributed by atoms with E-state index in [2.05, 4.69) is 0 Å². The van der Waals surface area contributed by atoms with Gasteiger partial charge in [-0.25, -0.2) is 9.18 Å². The van der Waals surface area contributed by atoms with Crippen molar-refractivity contribution < 1.29 is 9.50 Å². The molecule has 24 heavy (non-hydrogen) atoms. The SMILES string of the molecule is Cn1cc(CN2C[C@@H](O)C[C@@H]2c2ccc(F)cc2)c(=O)n(C)c1=O. The molecule has 128 valence electrons. The Morgan fingerprint density at radius 3 is 2.54 bits per heavy atom. The van der Waals surface area contributed by atoms with Gasteiger partial charge >= 0.3 is 5.69 Å². The molecule has 0 bridgehead atoms. The Kier molecular flexibility index (Phi) is 4.38. The lowest BCUT2D eigenvalue weighted by Crippen LogP contribution is -2.40. The molecule has 1 saturated heterocycles. The molecule has 2 heterocycles. The molecule has 0 aliphatic carbocycles. The average molecular weight is 333 g/mol. The Labute approximate surface area is 138 Å². The molecule has 2 atom stereocenters. The van der Waals surface area contributed by atoms with Crippen molar-refractivity contribution in [2.45, 2.75) is 25.1 Å². The van der Waals surface area contributed by atoms with Gasteiger partial charge in [0.15, 0.2) is 0 Å². The van der Waals surface area contributed by atoms with E-state index in [1.165, 1.54) is 29.9 Å². The van der Waals surface area contributed by atoms with Crippen molar-refractivity contribution in [3.05, 3.63) is 68.2 Å².